The van der Waals surface area contributed by atoms with Crippen LogP contribution >= 0.6 is 24.0 Å². The SMILES string of the molecule is Cl.Clc1ccccc1-c1ncc2c(n1)CCNC2. The lowest BCUT2D eigenvalue weighted by Gasteiger charge is -2.16. The van der Waals surface area contributed by atoms with Crippen molar-refractivity contribution in [2.45, 2.75) is 13.0 Å². The second-order valence-electron chi connectivity index (χ2n) is 4.07. The minimum absolute atomic E-state index is 0. The van der Waals surface area contributed by atoms with E-state index < -0.39 is 0 Å². The van der Waals surface area contributed by atoms with Crippen LogP contribution in [-0.2, 0) is 13.0 Å². The summed E-state index contributed by atoms with van der Waals surface area (Å²) in [4.78, 5) is 9.00. The molecule has 0 amide bonds. The lowest BCUT2D eigenvalue weighted by atomic mass is 10.1. The van der Waals surface area contributed by atoms with Crippen LogP contribution in [0.15, 0.2) is 30.5 Å². The second kappa shape index (κ2) is 5.65. The maximum Gasteiger partial charge on any atom is 0.160 e. The standard InChI is InChI=1S/C13H12ClN3.ClH/c14-11-4-2-1-3-10(11)13-16-8-9-7-15-6-5-12(9)17-13;/h1-4,8,15H,5-7H2;1H. The highest BCUT2D eigenvalue weighted by Gasteiger charge is 2.13. The highest BCUT2D eigenvalue weighted by atomic mass is 35.5. The predicted octanol–water partition coefficient (Wildman–Crippen LogP) is 2.86. The zero-order valence-corrected chi connectivity index (χ0v) is 11.3. The molecule has 0 bridgehead atoms. The molecule has 18 heavy (non-hydrogen) atoms. The Hall–Kier alpha value is -1.16. The molecule has 5 heteroatoms. The predicted molar refractivity (Wildman–Crippen MR) is 75.1 cm³/mol. The summed E-state index contributed by atoms with van der Waals surface area (Å²) in [7, 11) is 0. The van der Waals surface area contributed by atoms with Gasteiger partial charge in [-0.1, -0.05) is 23.7 Å². The molecule has 0 saturated heterocycles. The third-order valence-electron chi connectivity index (χ3n) is 2.92. The van der Waals surface area contributed by atoms with E-state index in [9.17, 15) is 0 Å². The van der Waals surface area contributed by atoms with Crippen LogP contribution in [0.1, 0.15) is 11.3 Å². The monoisotopic (exact) mass is 281 g/mol. The molecule has 94 valence electrons. The molecule has 0 atom stereocenters. The molecule has 2 aromatic rings. The van der Waals surface area contributed by atoms with E-state index in [-0.39, 0.29) is 12.4 Å². The summed E-state index contributed by atoms with van der Waals surface area (Å²) in [5.41, 5.74) is 3.22. The fourth-order valence-electron chi connectivity index (χ4n) is 2.01. The molecular weight excluding hydrogens is 269 g/mol. The molecule has 3 rings (SSSR count). The number of hydrogen-bond donors (Lipinski definition) is 1. The Labute approximate surface area is 117 Å². The lowest BCUT2D eigenvalue weighted by molar-refractivity contribution is 0.626. The van der Waals surface area contributed by atoms with Gasteiger partial charge in [0.15, 0.2) is 5.82 Å². The van der Waals surface area contributed by atoms with Crippen molar-refractivity contribution < 1.29 is 0 Å². The Morgan fingerprint density at radius 2 is 2.06 bits per heavy atom. The van der Waals surface area contributed by atoms with Gasteiger partial charge < -0.3 is 5.32 Å². The lowest BCUT2D eigenvalue weighted by Crippen LogP contribution is -2.24. The Kier molecular flexibility index (Phi) is 4.17. The molecule has 0 fully saturated rings. The van der Waals surface area contributed by atoms with Crippen LogP contribution in [0.25, 0.3) is 11.4 Å². The van der Waals surface area contributed by atoms with E-state index in [0.717, 1.165) is 36.6 Å². The van der Waals surface area contributed by atoms with E-state index >= 15 is 0 Å². The Balaban J connectivity index is 0.00000120. The van der Waals surface area contributed by atoms with Crippen molar-refractivity contribution in [3.05, 3.63) is 46.7 Å². The molecular formula is C13H13Cl2N3. The van der Waals surface area contributed by atoms with Gasteiger partial charge in [0.2, 0.25) is 0 Å². The fourth-order valence-corrected chi connectivity index (χ4v) is 2.23. The van der Waals surface area contributed by atoms with Gasteiger partial charge >= 0.3 is 0 Å². The van der Waals surface area contributed by atoms with Crippen molar-refractivity contribution in [3.63, 3.8) is 0 Å². The number of hydrogen-bond acceptors (Lipinski definition) is 3. The number of nitrogens with zero attached hydrogens (tertiary/aromatic N) is 2. The zero-order chi connectivity index (χ0) is 11.7. The molecule has 1 N–H and O–H groups in total. The first-order valence-corrected chi connectivity index (χ1v) is 6.03. The number of nitrogens with one attached hydrogen (secondary N) is 1. The van der Waals surface area contributed by atoms with Gasteiger partial charge in [-0.05, 0) is 12.1 Å². The van der Waals surface area contributed by atoms with Crippen LogP contribution in [-0.4, -0.2) is 16.5 Å². The van der Waals surface area contributed by atoms with Crippen LogP contribution in [0.5, 0.6) is 0 Å². The van der Waals surface area contributed by atoms with Gasteiger partial charge in [-0.2, -0.15) is 0 Å². The number of rotatable bonds is 1. The third-order valence-corrected chi connectivity index (χ3v) is 3.25. The molecule has 0 aliphatic carbocycles. The van der Waals surface area contributed by atoms with Gasteiger partial charge in [-0.3, -0.25) is 0 Å². The third kappa shape index (κ3) is 2.48. The molecule has 3 nitrogen and oxygen atoms in total. The van der Waals surface area contributed by atoms with Crippen molar-refractivity contribution in [1.82, 2.24) is 15.3 Å². The topological polar surface area (TPSA) is 37.8 Å². The molecule has 2 heterocycles. The Morgan fingerprint density at radius 3 is 2.89 bits per heavy atom. The van der Waals surface area contributed by atoms with Gasteiger partial charge in [0, 0.05) is 36.8 Å². The van der Waals surface area contributed by atoms with Gasteiger partial charge in [-0.25, -0.2) is 9.97 Å². The van der Waals surface area contributed by atoms with E-state index in [2.05, 4.69) is 15.3 Å². The zero-order valence-electron chi connectivity index (χ0n) is 9.69. The molecule has 1 aliphatic rings. The van der Waals surface area contributed by atoms with Gasteiger partial charge in [-0.15, -0.1) is 12.4 Å². The van der Waals surface area contributed by atoms with Gasteiger partial charge in [0.05, 0.1) is 10.7 Å². The maximum atomic E-state index is 6.15. The maximum absolute atomic E-state index is 6.15. The molecule has 1 aromatic carbocycles. The Morgan fingerprint density at radius 1 is 1.22 bits per heavy atom. The number of aromatic nitrogens is 2. The average Bonchev–Trinajstić information content (AvgIpc) is 2.39. The van der Waals surface area contributed by atoms with E-state index in [4.69, 9.17) is 11.6 Å². The highest BCUT2D eigenvalue weighted by molar-refractivity contribution is 6.33. The van der Waals surface area contributed by atoms with Crippen molar-refractivity contribution in [2.24, 2.45) is 0 Å². The molecule has 1 aliphatic heterocycles. The van der Waals surface area contributed by atoms with Gasteiger partial charge in [0.25, 0.3) is 0 Å². The van der Waals surface area contributed by atoms with Crippen LogP contribution in [0, 0.1) is 0 Å². The van der Waals surface area contributed by atoms with Crippen molar-refractivity contribution in [1.29, 1.82) is 0 Å². The summed E-state index contributed by atoms with van der Waals surface area (Å²) >= 11 is 6.15. The molecule has 0 unspecified atom stereocenters. The van der Waals surface area contributed by atoms with Crippen molar-refractivity contribution in [3.8, 4) is 11.4 Å². The molecule has 0 saturated carbocycles. The summed E-state index contributed by atoms with van der Waals surface area (Å²) in [6.07, 6.45) is 2.85. The average molecular weight is 282 g/mol. The van der Waals surface area contributed by atoms with E-state index in [1.165, 1.54) is 5.56 Å². The fraction of sp³-hybridized carbons (Fsp3) is 0.231. The quantitative estimate of drug-likeness (QED) is 0.874. The number of fused-ring (bicyclic) bond motifs is 1. The normalized spacial score (nSPS) is 13.6. The number of halogens is 2. The van der Waals surface area contributed by atoms with E-state index in [0.29, 0.717) is 5.02 Å². The first-order chi connectivity index (χ1) is 8.34. The van der Waals surface area contributed by atoms with Crippen LogP contribution < -0.4 is 5.32 Å². The largest absolute Gasteiger partial charge is 0.312 e. The van der Waals surface area contributed by atoms with E-state index in [1.807, 2.05) is 30.5 Å². The first-order valence-electron chi connectivity index (χ1n) is 5.65. The minimum Gasteiger partial charge on any atom is -0.312 e. The van der Waals surface area contributed by atoms with Crippen LogP contribution in [0.4, 0.5) is 0 Å². The summed E-state index contributed by atoms with van der Waals surface area (Å²) < 4.78 is 0. The molecule has 0 radical (unpaired) electrons. The summed E-state index contributed by atoms with van der Waals surface area (Å²) in [5.74, 6) is 0.719. The first kappa shape index (κ1) is 13.3. The van der Waals surface area contributed by atoms with Crippen LogP contribution in [0.2, 0.25) is 5.02 Å². The highest BCUT2D eigenvalue weighted by Crippen LogP contribution is 2.25. The second-order valence-corrected chi connectivity index (χ2v) is 4.48. The van der Waals surface area contributed by atoms with Crippen molar-refractivity contribution in [2.75, 3.05) is 6.54 Å². The van der Waals surface area contributed by atoms with Gasteiger partial charge in [0.1, 0.15) is 0 Å². The van der Waals surface area contributed by atoms with E-state index in [1.54, 1.807) is 0 Å². The molecule has 1 aromatic heterocycles. The Bertz CT molecular complexity index is 558. The molecule has 0 spiro atoms. The summed E-state index contributed by atoms with van der Waals surface area (Å²) in [6.45, 7) is 1.84. The summed E-state index contributed by atoms with van der Waals surface area (Å²) in [5, 5.41) is 4.00. The minimum atomic E-state index is 0. The summed E-state index contributed by atoms with van der Waals surface area (Å²) in [6, 6.07) is 7.67. The van der Waals surface area contributed by atoms with Crippen molar-refractivity contribution >= 4 is 24.0 Å². The smallest absolute Gasteiger partial charge is 0.160 e. The van der Waals surface area contributed by atoms with Crippen LogP contribution in [0.3, 0.4) is 0 Å². The number of benzene rings is 1.